The fourth-order valence-electron chi connectivity index (χ4n) is 17.8. The van der Waals surface area contributed by atoms with Crippen LogP contribution in [0, 0.1) is 20.8 Å². The van der Waals surface area contributed by atoms with Gasteiger partial charge in [-0.1, -0.05) is 191 Å². The van der Waals surface area contributed by atoms with Gasteiger partial charge in [-0.25, -0.2) is 0 Å². The van der Waals surface area contributed by atoms with Gasteiger partial charge in [0, 0.05) is 60.9 Å². The van der Waals surface area contributed by atoms with E-state index >= 15 is 0 Å². The third-order valence-corrected chi connectivity index (χ3v) is 22.5. The molecule has 0 saturated heterocycles. The van der Waals surface area contributed by atoms with Crippen LogP contribution in [0.15, 0.2) is 138 Å². The minimum Gasteiger partial charge on any atom is -0.456 e. The molecule has 80 heavy (non-hydrogen) atoms. The van der Waals surface area contributed by atoms with Crippen molar-refractivity contribution in [2.24, 2.45) is 0 Å². The molecule has 6 aliphatic rings. The standard InChI is InChI=1S/C76H79BN2O/c1-44-35-46(3)69-65(36-44)78-62-42-58-54(37-45(62)2)71(7,8)33-34-74(58,13)57-43-63-59(40-53(57)70(4,5)6)75(14)31-20-21-32-76(75,15)79(63)47-29-30-60(64(78)38-47)77(69)61-41-56-55(72(9,10)51-25-17-18-26-52(51)73(56,11)12)39-50(61)48-24-22-28-67-68(48)49-23-16-19-27-66(49)80-67/h16-19,22-30,35-43H,20-21,31-34H2,1-15H3. The monoisotopic (exact) mass is 1050 g/mol. The number of para-hydroxylation sites is 1. The third-order valence-electron chi connectivity index (χ3n) is 22.5. The Morgan fingerprint density at radius 1 is 0.487 bits per heavy atom. The Labute approximate surface area is 476 Å². The molecule has 1 aromatic heterocycles. The fourth-order valence-corrected chi connectivity index (χ4v) is 17.8. The number of nitrogens with zero attached hydrogens (tertiary/aromatic N) is 2. The summed E-state index contributed by atoms with van der Waals surface area (Å²) in [5.74, 6) is 0. The van der Waals surface area contributed by atoms with Gasteiger partial charge in [-0.3, -0.25) is 0 Å². The maximum absolute atomic E-state index is 6.77. The van der Waals surface area contributed by atoms with E-state index in [0.717, 1.165) is 35.8 Å². The quantitative estimate of drug-likeness (QED) is 0.161. The summed E-state index contributed by atoms with van der Waals surface area (Å²) in [7, 11) is 0. The molecule has 3 aliphatic carbocycles. The van der Waals surface area contributed by atoms with E-state index in [2.05, 4.69) is 247 Å². The van der Waals surface area contributed by atoms with Gasteiger partial charge in [0.25, 0.3) is 0 Å². The molecule has 9 aromatic rings. The normalized spacial score (nSPS) is 23.3. The molecular formula is C76H79BN2O. The average Bonchev–Trinajstić information content (AvgIpc) is 2.50. The number of rotatable bonds is 2. The van der Waals surface area contributed by atoms with Gasteiger partial charge in [0.2, 0.25) is 6.71 Å². The van der Waals surface area contributed by atoms with E-state index in [1.54, 1.807) is 5.56 Å². The lowest BCUT2D eigenvalue weighted by Gasteiger charge is -2.51. The first-order chi connectivity index (χ1) is 37.9. The Hall–Kier alpha value is -6.78. The molecule has 3 unspecified atom stereocenters. The number of hydrogen-bond donors (Lipinski definition) is 0. The van der Waals surface area contributed by atoms with Crippen LogP contribution >= 0.6 is 0 Å². The van der Waals surface area contributed by atoms with Gasteiger partial charge in [0.15, 0.2) is 0 Å². The summed E-state index contributed by atoms with van der Waals surface area (Å²) in [5, 5.41) is 2.34. The first-order valence-corrected chi connectivity index (χ1v) is 30.3. The van der Waals surface area contributed by atoms with Crippen LogP contribution in [0.5, 0.6) is 0 Å². The SMILES string of the molecule is Cc1cc(C)c2c(c1)N1c3cc4c(cc3C)C(C)(C)CCC4(C)c3cc4c(cc3C(C)(C)C)C3(C)CCCCC3(C)N4c3ccc(c1c3)B2c1cc2c(cc1-c1cccc3oc4ccccc4c13)C(C)(C)c1ccccc1C2(C)C. The lowest BCUT2D eigenvalue weighted by Crippen LogP contribution is -2.59. The number of fused-ring (bicyclic) bond motifs is 16. The van der Waals surface area contributed by atoms with E-state index in [-0.39, 0.29) is 44.7 Å². The highest BCUT2D eigenvalue weighted by Gasteiger charge is 2.59. The van der Waals surface area contributed by atoms with E-state index in [1.165, 1.54) is 142 Å². The summed E-state index contributed by atoms with van der Waals surface area (Å²) in [6.07, 6.45) is 7.06. The van der Waals surface area contributed by atoms with Gasteiger partial charge in [-0.05, 0) is 190 Å². The summed E-state index contributed by atoms with van der Waals surface area (Å²) in [5.41, 5.74) is 31.3. The lowest BCUT2D eigenvalue weighted by atomic mass is 9.33. The van der Waals surface area contributed by atoms with Crippen LogP contribution in [0.4, 0.5) is 28.4 Å². The van der Waals surface area contributed by atoms with E-state index in [9.17, 15) is 0 Å². The average molecular weight is 1050 g/mol. The summed E-state index contributed by atoms with van der Waals surface area (Å²) in [6, 6.07) is 53.6. The smallest absolute Gasteiger partial charge is 0.247 e. The first-order valence-electron chi connectivity index (χ1n) is 30.3. The van der Waals surface area contributed by atoms with Crippen LogP contribution in [0.25, 0.3) is 33.1 Å². The predicted octanol–water partition coefficient (Wildman–Crippen LogP) is 18.2. The zero-order valence-corrected chi connectivity index (χ0v) is 50.3. The second-order valence-corrected chi connectivity index (χ2v) is 29.3. The summed E-state index contributed by atoms with van der Waals surface area (Å²) in [6.45, 7) is 37.2. The van der Waals surface area contributed by atoms with Crippen LogP contribution in [-0.2, 0) is 32.5 Å². The summed E-state index contributed by atoms with van der Waals surface area (Å²) in [4.78, 5) is 5.65. The molecule has 3 atom stereocenters. The van der Waals surface area contributed by atoms with Crippen molar-refractivity contribution in [3.05, 3.63) is 200 Å². The molecule has 3 aliphatic heterocycles. The number of anilines is 5. The van der Waals surface area contributed by atoms with Crippen molar-refractivity contribution in [1.82, 2.24) is 0 Å². The molecule has 0 radical (unpaired) electrons. The zero-order chi connectivity index (χ0) is 55.7. The minimum absolute atomic E-state index is 0.0216. The van der Waals surface area contributed by atoms with Crippen LogP contribution in [0.3, 0.4) is 0 Å². The molecule has 15 rings (SSSR count). The molecule has 3 nitrogen and oxygen atoms in total. The number of benzene rings is 8. The van der Waals surface area contributed by atoms with Crippen molar-refractivity contribution in [2.75, 3.05) is 9.80 Å². The van der Waals surface area contributed by atoms with Crippen LogP contribution in [0.1, 0.15) is 188 Å². The highest BCUT2D eigenvalue weighted by molar-refractivity contribution is 6.99. The van der Waals surface area contributed by atoms with Crippen molar-refractivity contribution in [1.29, 1.82) is 0 Å². The van der Waals surface area contributed by atoms with E-state index in [0.29, 0.717) is 0 Å². The predicted molar refractivity (Wildman–Crippen MR) is 340 cm³/mol. The van der Waals surface area contributed by atoms with Crippen LogP contribution < -0.4 is 26.2 Å². The van der Waals surface area contributed by atoms with E-state index in [4.69, 9.17) is 4.42 Å². The Morgan fingerprint density at radius 3 is 1.93 bits per heavy atom. The van der Waals surface area contributed by atoms with E-state index < -0.39 is 0 Å². The molecule has 6 bridgehead atoms. The van der Waals surface area contributed by atoms with E-state index in [1.807, 2.05) is 0 Å². The van der Waals surface area contributed by atoms with Gasteiger partial charge >= 0.3 is 0 Å². The molecule has 0 N–H and O–H groups in total. The minimum atomic E-state index is -0.257. The molecule has 1 fully saturated rings. The van der Waals surface area contributed by atoms with Crippen molar-refractivity contribution in [3.8, 4) is 11.1 Å². The van der Waals surface area contributed by atoms with Crippen molar-refractivity contribution >= 4 is 73.5 Å². The Morgan fingerprint density at radius 2 is 1.18 bits per heavy atom. The molecule has 8 aromatic carbocycles. The van der Waals surface area contributed by atoms with Crippen molar-refractivity contribution < 1.29 is 4.42 Å². The Balaban J connectivity index is 1.10. The summed E-state index contributed by atoms with van der Waals surface area (Å²) < 4.78 is 6.77. The molecule has 0 amide bonds. The van der Waals surface area contributed by atoms with Crippen molar-refractivity contribution in [2.45, 2.75) is 180 Å². The molecule has 0 spiro atoms. The fraction of sp³-hybridized carbons (Fsp3) is 0.368. The molecule has 1 saturated carbocycles. The van der Waals surface area contributed by atoms with Crippen LogP contribution in [-0.4, -0.2) is 12.3 Å². The number of furan rings is 1. The molecular weight excluding hydrogens is 968 g/mol. The zero-order valence-electron chi connectivity index (χ0n) is 50.3. The Kier molecular flexibility index (Phi) is 10.1. The molecule has 4 heterocycles. The maximum atomic E-state index is 6.77. The van der Waals surface area contributed by atoms with Gasteiger partial charge in [0.05, 0.1) is 5.54 Å². The van der Waals surface area contributed by atoms with Crippen molar-refractivity contribution in [3.63, 3.8) is 0 Å². The third kappa shape index (κ3) is 6.35. The largest absolute Gasteiger partial charge is 0.456 e. The van der Waals surface area contributed by atoms with Gasteiger partial charge in [-0.2, -0.15) is 0 Å². The molecule has 4 heteroatoms. The highest BCUT2D eigenvalue weighted by atomic mass is 16.3. The second kappa shape index (κ2) is 16.0. The van der Waals surface area contributed by atoms with Gasteiger partial charge < -0.3 is 14.2 Å². The lowest BCUT2D eigenvalue weighted by molar-refractivity contribution is 0.195. The molecule has 402 valence electrons. The number of hydrogen-bond acceptors (Lipinski definition) is 3. The summed E-state index contributed by atoms with van der Waals surface area (Å²) >= 11 is 0. The van der Waals surface area contributed by atoms with Gasteiger partial charge in [0.1, 0.15) is 11.2 Å². The topological polar surface area (TPSA) is 19.6 Å². The second-order valence-electron chi connectivity index (χ2n) is 29.3. The highest BCUT2D eigenvalue weighted by Crippen LogP contribution is 2.64. The van der Waals surface area contributed by atoms with Crippen LogP contribution in [0.2, 0.25) is 0 Å². The number of aryl methyl sites for hydroxylation is 3. The Bertz CT molecular complexity index is 4210. The first kappa shape index (κ1) is 50.2. The van der Waals surface area contributed by atoms with Gasteiger partial charge in [-0.15, -0.1) is 0 Å². The maximum Gasteiger partial charge on any atom is 0.247 e.